The number of hydrogen-bond acceptors (Lipinski definition) is 3. The van der Waals surface area contributed by atoms with Crippen LogP contribution < -0.4 is 16.2 Å². The maximum Gasteiger partial charge on any atom is 0.119 e. The number of aryl methyl sites for hydroxylation is 1. The van der Waals surface area contributed by atoms with Gasteiger partial charge in [-0.3, -0.25) is 0 Å². The predicted octanol–water partition coefficient (Wildman–Crippen LogP) is 1.70. The zero-order chi connectivity index (χ0) is 12.3. The summed E-state index contributed by atoms with van der Waals surface area (Å²) in [5, 5.41) is 0. The van der Waals surface area contributed by atoms with Crippen LogP contribution in [0, 0.1) is 0 Å². The van der Waals surface area contributed by atoms with Crippen LogP contribution in [0.3, 0.4) is 0 Å². The summed E-state index contributed by atoms with van der Waals surface area (Å²) in [7, 11) is 1.69. The molecule has 1 aliphatic rings. The minimum atomic E-state index is 0.0772. The Morgan fingerprint density at radius 1 is 1.35 bits per heavy atom. The second-order valence-electron chi connectivity index (χ2n) is 4.57. The van der Waals surface area contributed by atoms with E-state index < -0.39 is 0 Å². The van der Waals surface area contributed by atoms with Gasteiger partial charge in [0, 0.05) is 12.6 Å². The van der Waals surface area contributed by atoms with Crippen LogP contribution in [0.4, 0.5) is 0 Å². The number of fused-ring (bicyclic) bond motifs is 1. The van der Waals surface area contributed by atoms with Gasteiger partial charge in [-0.1, -0.05) is 17.7 Å². The molecular formula is C14H20N2O. The van der Waals surface area contributed by atoms with Gasteiger partial charge >= 0.3 is 0 Å². The number of nitrogens with two attached hydrogens (primary N) is 2. The summed E-state index contributed by atoms with van der Waals surface area (Å²) in [6, 6.07) is 6.32. The second kappa shape index (κ2) is 5.34. The Morgan fingerprint density at radius 2 is 2.18 bits per heavy atom. The van der Waals surface area contributed by atoms with Crippen molar-refractivity contribution in [2.24, 2.45) is 11.5 Å². The van der Waals surface area contributed by atoms with Gasteiger partial charge in [0.25, 0.3) is 0 Å². The van der Waals surface area contributed by atoms with Crippen molar-refractivity contribution in [2.75, 3.05) is 13.7 Å². The minimum Gasteiger partial charge on any atom is -0.497 e. The van der Waals surface area contributed by atoms with Crippen molar-refractivity contribution in [1.29, 1.82) is 0 Å². The van der Waals surface area contributed by atoms with Crippen molar-refractivity contribution in [1.82, 2.24) is 0 Å². The van der Waals surface area contributed by atoms with Crippen molar-refractivity contribution < 1.29 is 4.74 Å². The third-order valence-electron chi connectivity index (χ3n) is 3.26. The Hall–Kier alpha value is -1.32. The van der Waals surface area contributed by atoms with Gasteiger partial charge in [-0.05, 0) is 42.5 Å². The molecule has 0 saturated heterocycles. The molecule has 0 bridgehead atoms. The first-order valence-corrected chi connectivity index (χ1v) is 6.05. The molecule has 0 saturated carbocycles. The van der Waals surface area contributed by atoms with Gasteiger partial charge in [0.15, 0.2) is 0 Å². The van der Waals surface area contributed by atoms with E-state index in [4.69, 9.17) is 16.2 Å². The summed E-state index contributed by atoms with van der Waals surface area (Å²) in [6.45, 7) is 0.544. The topological polar surface area (TPSA) is 61.3 Å². The molecule has 1 atom stereocenters. The number of ether oxygens (including phenoxy) is 1. The lowest BCUT2D eigenvalue weighted by atomic mass is 9.89. The Balaban J connectivity index is 2.20. The molecule has 1 aliphatic carbocycles. The summed E-state index contributed by atoms with van der Waals surface area (Å²) >= 11 is 0. The summed E-state index contributed by atoms with van der Waals surface area (Å²) in [5.41, 5.74) is 15.5. The van der Waals surface area contributed by atoms with E-state index in [-0.39, 0.29) is 6.04 Å². The molecule has 0 amide bonds. The van der Waals surface area contributed by atoms with Crippen LogP contribution in [0.5, 0.6) is 5.75 Å². The molecule has 1 aromatic carbocycles. The Kier molecular flexibility index (Phi) is 3.82. The molecule has 1 aromatic rings. The molecular weight excluding hydrogens is 212 g/mol. The third-order valence-corrected chi connectivity index (χ3v) is 3.26. The number of rotatable bonds is 4. The van der Waals surface area contributed by atoms with Crippen LogP contribution in [0.1, 0.15) is 24.0 Å². The molecule has 0 fully saturated rings. The average molecular weight is 232 g/mol. The molecule has 92 valence electrons. The fourth-order valence-corrected chi connectivity index (χ4v) is 2.23. The van der Waals surface area contributed by atoms with E-state index in [9.17, 15) is 0 Å². The summed E-state index contributed by atoms with van der Waals surface area (Å²) in [5.74, 6) is 0.907. The van der Waals surface area contributed by atoms with E-state index in [1.54, 1.807) is 7.11 Å². The molecule has 0 heterocycles. The maximum atomic E-state index is 5.89. The normalized spacial score (nSPS) is 16.1. The highest BCUT2D eigenvalue weighted by Gasteiger charge is 2.13. The summed E-state index contributed by atoms with van der Waals surface area (Å²) < 4.78 is 5.24. The van der Waals surface area contributed by atoms with Crippen LogP contribution in [-0.4, -0.2) is 19.7 Å². The molecule has 3 heteroatoms. The van der Waals surface area contributed by atoms with E-state index in [0.717, 1.165) is 25.0 Å². The molecule has 0 unspecified atom stereocenters. The summed E-state index contributed by atoms with van der Waals surface area (Å²) in [4.78, 5) is 0. The molecule has 0 spiro atoms. The average Bonchev–Trinajstić information content (AvgIpc) is 2.37. The van der Waals surface area contributed by atoms with Crippen LogP contribution in [0.2, 0.25) is 0 Å². The first-order chi connectivity index (χ1) is 8.22. The van der Waals surface area contributed by atoms with E-state index in [1.807, 2.05) is 6.07 Å². The Bertz CT molecular complexity index is 426. The zero-order valence-electron chi connectivity index (χ0n) is 10.3. The van der Waals surface area contributed by atoms with Gasteiger partial charge in [-0.2, -0.15) is 0 Å². The summed E-state index contributed by atoms with van der Waals surface area (Å²) in [6.07, 6.45) is 5.31. The predicted molar refractivity (Wildman–Crippen MR) is 70.9 cm³/mol. The number of hydrogen-bond donors (Lipinski definition) is 2. The zero-order valence-corrected chi connectivity index (χ0v) is 10.3. The first kappa shape index (κ1) is 12.1. The van der Waals surface area contributed by atoms with Gasteiger partial charge in [-0.15, -0.1) is 0 Å². The minimum absolute atomic E-state index is 0.0772. The Labute approximate surface area is 102 Å². The van der Waals surface area contributed by atoms with Gasteiger partial charge in [0.05, 0.1) is 7.11 Å². The lowest BCUT2D eigenvalue weighted by Gasteiger charge is -2.19. The van der Waals surface area contributed by atoms with Crippen molar-refractivity contribution in [3.63, 3.8) is 0 Å². The second-order valence-corrected chi connectivity index (χ2v) is 4.57. The van der Waals surface area contributed by atoms with E-state index in [2.05, 4.69) is 18.2 Å². The quantitative estimate of drug-likeness (QED) is 0.830. The van der Waals surface area contributed by atoms with Gasteiger partial charge in [0.2, 0.25) is 0 Å². The largest absolute Gasteiger partial charge is 0.497 e. The highest BCUT2D eigenvalue weighted by molar-refractivity contribution is 5.61. The molecule has 0 radical (unpaired) electrons. The van der Waals surface area contributed by atoms with Crippen LogP contribution in [0.25, 0.3) is 6.08 Å². The molecule has 0 aromatic heterocycles. The van der Waals surface area contributed by atoms with E-state index in [1.165, 1.54) is 16.7 Å². The van der Waals surface area contributed by atoms with Crippen LogP contribution >= 0.6 is 0 Å². The smallest absolute Gasteiger partial charge is 0.119 e. The number of benzene rings is 1. The van der Waals surface area contributed by atoms with Crippen LogP contribution in [0.15, 0.2) is 23.8 Å². The molecule has 2 rings (SSSR count). The van der Waals surface area contributed by atoms with E-state index in [0.29, 0.717) is 6.54 Å². The third kappa shape index (κ3) is 2.87. The number of methoxy groups -OCH3 is 1. The van der Waals surface area contributed by atoms with Crippen LogP contribution in [-0.2, 0) is 6.42 Å². The van der Waals surface area contributed by atoms with Crippen molar-refractivity contribution in [2.45, 2.75) is 25.3 Å². The SMILES string of the molecule is COc1ccc2c(c1)C=C(C[C@@H](N)CN)CC2. The molecule has 0 aliphatic heterocycles. The van der Waals surface area contributed by atoms with E-state index >= 15 is 0 Å². The fourth-order valence-electron chi connectivity index (χ4n) is 2.23. The highest BCUT2D eigenvalue weighted by atomic mass is 16.5. The van der Waals surface area contributed by atoms with Gasteiger partial charge in [-0.25, -0.2) is 0 Å². The lowest BCUT2D eigenvalue weighted by Crippen LogP contribution is -2.30. The monoisotopic (exact) mass is 232 g/mol. The molecule has 3 nitrogen and oxygen atoms in total. The standard InChI is InChI=1S/C14H20N2O/c1-17-14-5-4-11-3-2-10(6-12(11)8-14)7-13(16)9-15/h4-6,8,13H,2-3,7,9,15-16H2,1H3/t13-/m1/s1. The maximum absolute atomic E-state index is 5.89. The molecule has 4 N–H and O–H groups in total. The van der Waals surface area contributed by atoms with Gasteiger partial charge < -0.3 is 16.2 Å². The fraction of sp³-hybridized carbons (Fsp3) is 0.429. The highest BCUT2D eigenvalue weighted by Crippen LogP contribution is 2.28. The van der Waals surface area contributed by atoms with Crippen molar-refractivity contribution >= 4 is 6.08 Å². The lowest BCUT2D eigenvalue weighted by molar-refractivity contribution is 0.414. The first-order valence-electron chi connectivity index (χ1n) is 6.05. The Morgan fingerprint density at radius 3 is 2.88 bits per heavy atom. The van der Waals surface area contributed by atoms with Crippen molar-refractivity contribution in [3.05, 3.63) is 34.9 Å². The van der Waals surface area contributed by atoms with Gasteiger partial charge in [0.1, 0.15) is 5.75 Å². The molecule has 17 heavy (non-hydrogen) atoms. The van der Waals surface area contributed by atoms with Crippen molar-refractivity contribution in [3.8, 4) is 5.75 Å².